The SMILES string of the molecule is C[C@@H](CCCO)NCc1ccccc1Br. The van der Waals surface area contributed by atoms with Crippen LogP contribution in [-0.4, -0.2) is 17.8 Å². The van der Waals surface area contributed by atoms with Crippen molar-refractivity contribution in [3.63, 3.8) is 0 Å². The highest BCUT2D eigenvalue weighted by Gasteiger charge is 2.02. The molecule has 0 unspecified atom stereocenters. The monoisotopic (exact) mass is 271 g/mol. The molecule has 0 aliphatic heterocycles. The Morgan fingerprint density at radius 2 is 2.13 bits per heavy atom. The van der Waals surface area contributed by atoms with Gasteiger partial charge in [-0.15, -0.1) is 0 Å². The molecule has 0 aromatic heterocycles. The lowest BCUT2D eigenvalue weighted by Gasteiger charge is -2.13. The van der Waals surface area contributed by atoms with Crippen LogP contribution in [0.2, 0.25) is 0 Å². The summed E-state index contributed by atoms with van der Waals surface area (Å²) in [6.07, 6.45) is 1.88. The van der Waals surface area contributed by atoms with Crippen LogP contribution in [0.3, 0.4) is 0 Å². The first-order valence-corrected chi connectivity index (χ1v) is 6.11. The van der Waals surface area contributed by atoms with E-state index < -0.39 is 0 Å². The second kappa shape index (κ2) is 6.99. The molecule has 0 fully saturated rings. The van der Waals surface area contributed by atoms with Crippen molar-refractivity contribution in [3.8, 4) is 0 Å². The lowest BCUT2D eigenvalue weighted by molar-refractivity contribution is 0.276. The Labute approximate surface area is 99.8 Å². The van der Waals surface area contributed by atoms with Crippen molar-refractivity contribution < 1.29 is 5.11 Å². The van der Waals surface area contributed by atoms with Gasteiger partial charge in [0, 0.05) is 23.7 Å². The topological polar surface area (TPSA) is 32.3 Å². The molecule has 1 aromatic carbocycles. The minimum absolute atomic E-state index is 0.279. The molecule has 0 amide bonds. The van der Waals surface area contributed by atoms with Gasteiger partial charge in [0.2, 0.25) is 0 Å². The molecule has 1 rings (SSSR count). The Bertz CT molecular complexity index is 291. The van der Waals surface area contributed by atoms with Gasteiger partial charge in [0.05, 0.1) is 0 Å². The highest BCUT2D eigenvalue weighted by Crippen LogP contribution is 2.15. The lowest BCUT2D eigenvalue weighted by Crippen LogP contribution is -2.25. The van der Waals surface area contributed by atoms with E-state index in [1.54, 1.807) is 0 Å². The molecule has 0 radical (unpaired) electrons. The van der Waals surface area contributed by atoms with Gasteiger partial charge in [-0.3, -0.25) is 0 Å². The van der Waals surface area contributed by atoms with Crippen LogP contribution < -0.4 is 5.32 Å². The third kappa shape index (κ3) is 4.78. The standard InChI is InChI=1S/C12H18BrNO/c1-10(5-4-8-15)14-9-11-6-2-3-7-12(11)13/h2-3,6-7,10,14-15H,4-5,8-9H2,1H3/t10-/m0/s1. The Kier molecular flexibility index (Phi) is 5.91. The third-order valence-corrected chi connectivity index (χ3v) is 3.17. The molecule has 0 heterocycles. The van der Waals surface area contributed by atoms with E-state index >= 15 is 0 Å². The molecular weight excluding hydrogens is 254 g/mol. The zero-order chi connectivity index (χ0) is 11.1. The Hall–Kier alpha value is -0.380. The molecule has 0 saturated carbocycles. The average molecular weight is 272 g/mol. The maximum absolute atomic E-state index is 8.71. The zero-order valence-electron chi connectivity index (χ0n) is 9.04. The maximum Gasteiger partial charge on any atom is 0.0431 e. The molecule has 2 N–H and O–H groups in total. The van der Waals surface area contributed by atoms with Crippen molar-refractivity contribution in [2.45, 2.75) is 32.4 Å². The van der Waals surface area contributed by atoms with Gasteiger partial charge in [0.25, 0.3) is 0 Å². The van der Waals surface area contributed by atoms with E-state index in [2.05, 4.69) is 40.3 Å². The number of rotatable bonds is 6. The van der Waals surface area contributed by atoms with Gasteiger partial charge in [0.15, 0.2) is 0 Å². The Morgan fingerprint density at radius 3 is 2.80 bits per heavy atom. The number of aliphatic hydroxyl groups is 1. The number of aliphatic hydroxyl groups excluding tert-OH is 1. The Balaban J connectivity index is 2.33. The Morgan fingerprint density at radius 1 is 1.40 bits per heavy atom. The fourth-order valence-corrected chi connectivity index (χ4v) is 1.85. The van der Waals surface area contributed by atoms with Crippen LogP contribution >= 0.6 is 15.9 Å². The summed E-state index contributed by atoms with van der Waals surface area (Å²) in [5.74, 6) is 0. The number of hydrogen-bond donors (Lipinski definition) is 2. The lowest BCUT2D eigenvalue weighted by atomic mass is 10.1. The highest BCUT2D eigenvalue weighted by atomic mass is 79.9. The maximum atomic E-state index is 8.71. The fourth-order valence-electron chi connectivity index (χ4n) is 1.43. The number of hydrogen-bond acceptors (Lipinski definition) is 2. The summed E-state index contributed by atoms with van der Waals surface area (Å²) in [5.41, 5.74) is 1.27. The molecular formula is C12H18BrNO. The van der Waals surface area contributed by atoms with E-state index in [0.29, 0.717) is 6.04 Å². The molecule has 0 saturated heterocycles. The van der Waals surface area contributed by atoms with E-state index in [0.717, 1.165) is 23.9 Å². The average Bonchev–Trinajstić information content (AvgIpc) is 2.25. The van der Waals surface area contributed by atoms with E-state index in [1.165, 1.54) is 5.56 Å². The van der Waals surface area contributed by atoms with Crippen molar-refractivity contribution >= 4 is 15.9 Å². The number of nitrogens with one attached hydrogen (secondary N) is 1. The summed E-state index contributed by atoms with van der Waals surface area (Å²) in [6, 6.07) is 8.66. The summed E-state index contributed by atoms with van der Waals surface area (Å²) in [5, 5.41) is 12.1. The fraction of sp³-hybridized carbons (Fsp3) is 0.500. The van der Waals surface area contributed by atoms with Crippen LogP contribution in [-0.2, 0) is 6.54 Å². The van der Waals surface area contributed by atoms with Gasteiger partial charge in [-0.25, -0.2) is 0 Å². The summed E-state index contributed by atoms with van der Waals surface area (Å²) in [7, 11) is 0. The van der Waals surface area contributed by atoms with E-state index in [4.69, 9.17) is 5.11 Å². The highest BCUT2D eigenvalue weighted by molar-refractivity contribution is 9.10. The van der Waals surface area contributed by atoms with Crippen LogP contribution in [0.25, 0.3) is 0 Å². The van der Waals surface area contributed by atoms with Gasteiger partial charge >= 0.3 is 0 Å². The van der Waals surface area contributed by atoms with Crippen LogP contribution in [0.4, 0.5) is 0 Å². The summed E-state index contributed by atoms with van der Waals surface area (Å²) in [6.45, 7) is 3.29. The number of benzene rings is 1. The van der Waals surface area contributed by atoms with Gasteiger partial charge in [-0.05, 0) is 31.4 Å². The first kappa shape index (κ1) is 12.7. The van der Waals surface area contributed by atoms with Crippen molar-refractivity contribution in [1.29, 1.82) is 0 Å². The molecule has 1 aromatic rings. The third-order valence-electron chi connectivity index (χ3n) is 2.39. The minimum atomic E-state index is 0.279. The summed E-state index contributed by atoms with van der Waals surface area (Å²) in [4.78, 5) is 0. The van der Waals surface area contributed by atoms with Gasteiger partial charge in [-0.2, -0.15) is 0 Å². The zero-order valence-corrected chi connectivity index (χ0v) is 10.6. The molecule has 3 heteroatoms. The largest absolute Gasteiger partial charge is 0.396 e. The predicted octanol–water partition coefficient (Wildman–Crippen LogP) is 2.70. The van der Waals surface area contributed by atoms with E-state index in [-0.39, 0.29) is 6.61 Å². The van der Waals surface area contributed by atoms with E-state index in [9.17, 15) is 0 Å². The van der Waals surface area contributed by atoms with Crippen molar-refractivity contribution in [1.82, 2.24) is 5.32 Å². The van der Waals surface area contributed by atoms with Crippen LogP contribution in [0, 0.1) is 0 Å². The first-order valence-electron chi connectivity index (χ1n) is 5.31. The van der Waals surface area contributed by atoms with Crippen LogP contribution in [0.5, 0.6) is 0 Å². The summed E-state index contributed by atoms with van der Waals surface area (Å²) < 4.78 is 1.15. The van der Waals surface area contributed by atoms with Crippen LogP contribution in [0.15, 0.2) is 28.7 Å². The first-order chi connectivity index (χ1) is 7.24. The van der Waals surface area contributed by atoms with Gasteiger partial charge < -0.3 is 10.4 Å². The summed E-state index contributed by atoms with van der Waals surface area (Å²) >= 11 is 3.52. The molecule has 0 aliphatic carbocycles. The molecule has 1 atom stereocenters. The van der Waals surface area contributed by atoms with Crippen molar-refractivity contribution in [3.05, 3.63) is 34.3 Å². The second-order valence-corrected chi connectivity index (χ2v) is 4.59. The molecule has 2 nitrogen and oxygen atoms in total. The van der Waals surface area contributed by atoms with E-state index in [1.807, 2.05) is 12.1 Å². The molecule has 0 bridgehead atoms. The molecule has 0 aliphatic rings. The number of halogens is 1. The van der Waals surface area contributed by atoms with Gasteiger partial charge in [0.1, 0.15) is 0 Å². The molecule has 0 spiro atoms. The smallest absolute Gasteiger partial charge is 0.0431 e. The normalized spacial score (nSPS) is 12.7. The molecule has 15 heavy (non-hydrogen) atoms. The van der Waals surface area contributed by atoms with Crippen LogP contribution in [0.1, 0.15) is 25.3 Å². The van der Waals surface area contributed by atoms with Crippen molar-refractivity contribution in [2.24, 2.45) is 0 Å². The minimum Gasteiger partial charge on any atom is -0.396 e. The second-order valence-electron chi connectivity index (χ2n) is 3.74. The molecule has 84 valence electrons. The quantitative estimate of drug-likeness (QED) is 0.834. The van der Waals surface area contributed by atoms with Crippen molar-refractivity contribution in [2.75, 3.05) is 6.61 Å². The predicted molar refractivity (Wildman–Crippen MR) is 66.8 cm³/mol. The van der Waals surface area contributed by atoms with Gasteiger partial charge in [-0.1, -0.05) is 34.1 Å².